The molecule has 0 saturated carbocycles. The van der Waals surface area contributed by atoms with Gasteiger partial charge in [-0.2, -0.15) is 0 Å². The van der Waals surface area contributed by atoms with E-state index < -0.39 is 10.0 Å². The summed E-state index contributed by atoms with van der Waals surface area (Å²) in [4.78, 5) is 0. The molecule has 0 saturated heterocycles. The number of hydrogen-bond donors (Lipinski definition) is 1. The Labute approximate surface area is 177 Å². The summed E-state index contributed by atoms with van der Waals surface area (Å²) >= 11 is 0. The Bertz CT molecular complexity index is 1170. The van der Waals surface area contributed by atoms with Crippen molar-refractivity contribution in [3.05, 3.63) is 89.0 Å². The molecule has 0 amide bonds. The molecular formula is C24H25NO4S. The van der Waals surface area contributed by atoms with Crippen LogP contribution in [-0.2, 0) is 16.6 Å². The Morgan fingerprint density at radius 2 is 1.83 bits per heavy atom. The number of methoxy groups -OCH3 is 1. The van der Waals surface area contributed by atoms with E-state index in [1.54, 1.807) is 13.2 Å². The summed E-state index contributed by atoms with van der Waals surface area (Å²) in [6.07, 6.45) is 1.16. The maximum Gasteiger partial charge on any atom is 0.229 e. The summed E-state index contributed by atoms with van der Waals surface area (Å²) < 4.78 is 37.5. The third-order valence-corrected chi connectivity index (χ3v) is 6.14. The van der Waals surface area contributed by atoms with Gasteiger partial charge in [-0.1, -0.05) is 43.3 Å². The van der Waals surface area contributed by atoms with Crippen molar-refractivity contribution in [2.24, 2.45) is 0 Å². The predicted octanol–water partition coefficient (Wildman–Crippen LogP) is 4.89. The normalized spacial score (nSPS) is 16.4. The number of rotatable bonds is 5. The van der Waals surface area contributed by atoms with E-state index in [9.17, 15) is 8.42 Å². The van der Waals surface area contributed by atoms with Crippen LogP contribution in [0.25, 0.3) is 0 Å². The highest BCUT2D eigenvalue weighted by molar-refractivity contribution is 7.92. The molecule has 0 spiro atoms. The molecule has 30 heavy (non-hydrogen) atoms. The van der Waals surface area contributed by atoms with E-state index in [4.69, 9.17) is 9.47 Å². The van der Waals surface area contributed by atoms with Gasteiger partial charge in [-0.15, -0.1) is 0 Å². The first kappa shape index (κ1) is 20.3. The minimum atomic E-state index is -3.34. The second kappa shape index (κ2) is 8.03. The van der Waals surface area contributed by atoms with Crippen molar-refractivity contribution >= 4 is 15.7 Å². The van der Waals surface area contributed by atoms with Crippen LogP contribution >= 0.6 is 0 Å². The quantitative estimate of drug-likeness (QED) is 0.634. The summed E-state index contributed by atoms with van der Waals surface area (Å²) in [6.45, 7) is 2.64. The highest BCUT2D eigenvalue weighted by Crippen LogP contribution is 2.46. The van der Waals surface area contributed by atoms with Crippen LogP contribution in [0.3, 0.4) is 0 Å². The molecular weight excluding hydrogens is 398 g/mol. The van der Waals surface area contributed by atoms with Crippen molar-refractivity contribution in [1.29, 1.82) is 0 Å². The number of hydrogen-bond acceptors (Lipinski definition) is 4. The van der Waals surface area contributed by atoms with Crippen LogP contribution in [0.15, 0.2) is 66.7 Å². The van der Waals surface area contributed by atoms with Crippen LogP contribution in [0.2, 0.25) is 0 Å². The van der Waals surface area contributed by atoms with Gasteiger partial charge < -0.3 is 9.47 Å². The second-order valence-electron chi connectivity index (χ2n) is 7.66. The molecule has 0 fully saturated rings. The smallest absolute Gasteiger partial charge is 0.229 e. The molecule has 1 N–H and O–H groups in total. The first-order valence-corrected chi connectivity index (χ1v) is 11.7. The Hall–Kier alpha value is -2.99. The van der Waals surface area contributed by atoms with E-state index in [1.165, 1.54) is 5.56 Å². The predicted molar refractivity (Wildman–Crippen MR) is 119 cm³/mol. The minimum Gasteiger partial charge on any atom is -0.497 e. The number of para-hydroxylation sites is 1. The Morgan fingerprint density at radius 3 is 2.60 bits per heavy atom. The van der Waals surface area contributed by atoms with Gasteiger partial charge >= 0.3 is 0 Å². The molecule has 6 heteroatoms. The van der Waals surface area contributed by atoms with Gasteiger partial charge in [0.05, 0.1) is 13.4 Å². The average Bonchev–Trinajstić information content (AvgIpc) is 2.88. The molecule has 1 aliphatic heterocycles. The standard InChI is InChI=1S/C24H25NO4S/c1-16(17-7-6-8-19(13-17)25-30(3,26)27)24-21-12-11-20(28-2)14-18(21)15-29-23-10-5-4-9-22(23)24/h4-14,16,24-25H,15H2,1-3H3. The zero-order valence-corrected chi connectivity index (χ0v) is 18.1. The highest BCUT2D eigenvalue weighted by atomic mass is 32.2. The molecule has 1 heterocycles. The molecule has 0 bridgehead atoms. The van der Waals surface area contributed by atoms with Crippen molar-refractivity contribution in [2.45, 2.75) is 25.4 Å². The monoisotopic (exact) mass is 423 g/mol. The fourth-order valence-corrected chi connectivity index (χ4v) is 4.72. The van der Waals surface area contributed by atoms with Gasteiger partial charge in [0.15, 0.2) is 0 Å². The van der Waals surface area contributed by atoms with Crippen LogP contribution in [-0.4, -0.2) is 21.8 Å². The first-order chi connectivity index (χ1) is 14.4. The largest absolute Gasteiger partial charge is 0.497 e. The van der Waals surface area contributed by atoms with E-state index in [-0.39, 0.29) is 11.8 Å². The van der Waals surface area contributed by atoms with Gasteiger partial charge in [0.2, 0.25) is 10.0 Å². The Kier molecular flexibility index (Phi) is 5.43. The molecule has 2 unspecified atom stereocenters. The van der Waals surface area contributed by atoms with Gasteiger partial charge in [0, 0.05) is 17.2 Å². The first-order valence-electron chi connectivity index (χ1n) is 9.82. The minimum absolute atomic E-state index is 0.0538. The molecule has 5 nitrogen and oxygen atoms in total. The van der Waals surface area contributed by atoms with E-state index >= 15 is 0 Å². The molecule has 0 aromatic heterocycles. The highest BCUT2D eigenvalue weighted by Gasteiger charge is 2.30. The SMILES string of the molecule is COc1ccc2c(c1)COc1ccccc1C2C(C)c1cccc(NS(C)(=O)=O)c1. The van der Waals surface area contributed by atoms with E-state index in [0.717, 1.165) is 34.4 Å². The lowest BCUT2D eigenvalue weighted by Crippen LogP contribution is -2.13. The molecule has 4 rings (SSSR count). The van der Waals surface area contributed by atoms with Crippen LogP contribution < -0.4 is 14.2 Å². The molecule has 1 aliphatic rings. The van der Waals surface area contributed by atoms with Gasteiger partial charge in [-0.25, -0.2) is 8.42 Å². The van der Waals surface area contributed by atoms with Gasteiger partial charge in [0.25, 0.3) is 0 Å². The maximum atomic E-state index is 11.7. The molecule has 3 aromatic rings. The lowest BCUT2D eigenvalue weighted by atomic mass is 9.77. The third kappa shape index (κ3) is 4.14. The van der Waals surface area contributed by atoms with Crippen LogP contribution in [0.4, 0.5) is 5.69 Å². The summed E-state index contributed by atoms with van der Waals surface area (Å²) in [5.74, 6) is 1.81. The van der Waals surface area contributed by atoms with E-state index in [1.807, 2.05) is 48.5 Å². The summed E-state index contributed by atoms with van der Waals surface area (Å²) in [5.41, 5.74) is 5.01. The number of benzene rings is 3. The van der Waals surface area contributed by atoms with Crippen LogP contribution in [0, 0.1) is 0 Å². The molecule has 0 radical (unpaired) electrons. The summed E-state index contributed by atoms with van der Waals surface area (Å²) in [7, 11) is -1.68. The second-order valence-corrected chi connectivity index (χ2v) is 9.41. The van der Waals surface area contributed by atoms with Crippen molar-refractivity contribution < 1.29 is 17.9 Å². The van der Waals surface area contributed by atoms with E-state index in [0.29, 0.717) is 12.3 Å². The number of sulfonamides is 1. The number of fused-ring (bicyclic) bond motifs is 2. The average molecular weight is 424 g/mol. The number of anilines is 1. The van der Waals surface area contributed by atoms with E-state index in [2.05, 4.69) is 23.8 Å². The molecule has 0 aliphatic carbocycles. The summed E-state index contributed by atoms with van der Waals surface area (Å²) in [6, 6.07) is 21.8. The lowest BCUT2D eigenvalue weighted by Gasteiger charge is -2.27. The molecule has 3 aromatic carbocycles. The molecule has 156 valence electrons. The van der Waals surface area contributed by atoms with Crippen molar-refractivity contribution in [3.8, 4) is 11.5 Å². The van der Waals surface area contributed by atoms with Gasteiger partial charge in [0.1, 0.15) is 18.1 Å². The maximum absolute atomic E-state index is 11.7. The number of ether oxygens (including phenoxy) is 2. The van der Waals surface area contributed by atoms with Gasteiger partial charge in [-0.05, 0) is 52.9 Å². The summed E-state index contributed by atoms with van der Waals surface area (Å²) in [5, 5.41) is 0. The van der Waals surface area contributed by atoms with Crippen LogP contribution in [0.1, 0.15) is 41.0 Å². The van der Waals surface area contributed by atoms with Crippen molar-refractivity contribution in [1.82, 2.24) is 0 Å². The Balaban J connectivity index is 1.82. The lowest BCUT2D eigenvalue weighted by molar-refractivity contribution is 0.305. The number of nitrogens with one attached hydrogen (secondary N) is 1. The Morgan fingerprint density at radius 1 is 1.03 bits per heavy atom. The third-order valence-electron chi connectivity index (χ3n) is 5.54. The van der Waals surface area contributed by atoms with Crippen molar-refractivity contribution in [2.75, 3.05) is 18.1 Å². The molecule has 2 atom stereocenters. The zero-order chi connectivity index (χ0) is 21.3. The fourth-order valence-electron chi connectivity index (χ4n) is 4.16. The topological polar surface area (TPSA) is 64.6 Å². The van der Waals surface area contributed by atoms with Crippen molar-refractivity contribution in [3.63, 3.8) is 0 Å². The van der Waals surface area contributed by atoms with Gasteiger partial charge in [-0.3, -0.25) is 4.72 Å². The zero-order valence-electron chi connectivity index (χ0n) is 17.3. The fraction of sp³-hybridized carbons (Fsp3) is 0.250. The van der Waals surface area contributed by atoms with Crippen LogP contribution in [0.5, 0.6) is 11.5 Å².